The fourth-order valence-electron chi connectivity index (χ4n) is 3.80. The van der Waals surface area contributed by atoms with Crippen LogP contribution in [-0.2, 0) is 0 Å². The lowest BCUT2D eigenvalue weighted by Crippen LogP contribution is -2.55. The van der Waals surface area contributed by atoms with Crippen LogP contribution in [0.25, 0.3) is 0 Å². The molecule has 2 saturated heterocycles. The van der Waals surface area contributed by atoms with Gasteiger partial charge in [-0.15, -0.1) is 0 Å². The highest BCUT2D eigenvalue weighted by Crippen LogP contribution is 2.28. The van der Waals surface area contributed by atoms with Gasteiger partial charge >= 0.3 is 0 Å². The topological polar surface area (TPSA) is 33.2 Å². The monoisotopic (exact) mass is 352 g/mol. The average Bonchev–Trinajstić information content (AvgIpc) is 2.96. The van der Waals surface area contributed by atoms with Gasteiger partial charge in [-0.25, -0.2) is 4.98 Å². The molecule has 0 saturated carbocycles. The molecule has 0 atom stereocenters. The molecule has 114 valence electrons. The van der Waals surface area contributed by atoms with Crippen LogP contribution in [0.2, 0.25) is 0 Å². The van der Waals surface area contributed by atoms with E-state index in [0.29, 0.717) is 5.56 Å². The number of piperidine rings is 1. The van der Waals surface area contributed by atoms with E-state index in [9.17, 15) is 4.79 Å². The van der Waals surface area contributed by atoms with Gasteiger partial charge in [-0.2, -0.15) is 0 Å². The number of pyridine rings is 1. The molecular formula is C16H23BrN3O+. The number of carbonyl (C=O) groups excluding carboxylic acids is 1. The fourth-order valence-corrected chi connectivity index (χ4v) is 4.03. The van der Waals surface area contributed by atoms with Crippen LogP contribution in [0.5, 0.6) is 0 Å². The van der Waals surface area contributed by atoms with E-state index in [4.69, 9.17) is 0 Å². The second-order valence-electron chi connectivity index (χ2n) is 6.53. The second kappa shape index (κ2) is 6.05. The van der Waals surface area contributed by atoms with Crippen molar-refractivity contribution in [2.75, 3.05) is 33.2 Å². The van der Waals surface area contributed by atoms with Gasteiger partial charge in [-0.1, -0.05) is 0 Å². The summed E-state index contributed by atoms with van der Waals surface area (Å²) in [5.74, 6) is 0.123. The summed E-state index contributed by atoms with van der Waals surface area (Å²) >= 11 is 3.30. The summed E-state index contributed by atoms with van der Waals surface area (Å²) in [6.07, 6.45) is 6.64. The van der Waals surface area contributed by atoms with E-state index in [0.717, 1.165) is 36.6 Å². The van der Waals surface area contributed by atoms with Gasteiger partial charge in [-0.05, 0) is 28.1 Å². The number of nitrogens with zero attached hydrogens (tertiary/aromatic N) is 3. The zero-order valence-corrected chi connectivity index (χ0v) is 14.2. The lowest BCUT2D eigenvalue weighted by molar-refractivity contribution is -0.923. The van der Waals surface area contributed by atoms with Gasteiger partial charge in [-0.3, -0.25) is 4.79 Å². The van der Waals surface area contributed by atoms with Gasteiger partial charge in [0, 0.05) is 45.0 Å². The van der Waals surface area contributed by atoms with E-state index in [-0.39, 0.29) is 5.91 Å². The van der Waals surface area contributed by atoms with Crippen LogP contribution in [0.1, 0.15) is 36.0 Å². The smallest absolute Gasteiger partial charge is 0.255 e. The summed E-state index contributed by atoms with van der Waals surface area (Å²) < 4.78 is 1.99. The zero-order valence-electron chi connectivity index (χ0n) is 12.6. The van der Waals surface area contributed by atoms with E-state index in [1.54, 1.807) is 6.20 Å². The molecule has 0 radical (unpaired) electrons. The average molecular weight is 353 g/mol. The molecule has 0 N–H and O–H groups in total. The standard InChI is InChI=1S/C16H23BrN3O/c1-20(10-2-3-11-20)14-6-8-19(9-7-14)16(21)13-4-5-15(17)18-12-13/h4-5,12,14H,2-3,6-11H2,1H3/q+1. The van der Waals surface area contributed by atoms with Crippen molar-refractivity contribution in [1.82, 2.24) is 9.88 Å². The lowest BCUT2D eigenvalue weighted by Gasteiger charge is -2.42. The molecule has 2 aliphatic rings. The second-order valence-corrected chi connectivity index (χ2v) is 7.34. The SMILES string of the molecule is C[N+]1(C2CCN(C(=O)c3ccc(Br)nc3)CC2)CCCC1. The first kappa shape index (κ1) is 15.0. The Hall–Kier alpha value is -0.940. The van der Waals surface area contributed by atoms with Crippen LogP contribution >= 0.6 is 15.9 Å². The van der Waals surface area contributed by atoms with Crippen LogP contribution in [0.4, 0.5) is 0 Å². The van der Waals surface area contributed by atoms with Crippen LogP contribution in [-0.4, -0.2) is 59.5 Å². The largest absolute Gasteiger partial charge is 0.338 e. The first-order valence-electron chi connectivity index (χ1n) is 7.83. The Morgan fingerprint density at radius 2 is 1.95 bits per heavy atom. The predicted molar refractivity (Wildman–Crippen MR) is 86.0 cm³/mol. The van der Waals surface area contributed by atoms with Crippen LogP contribution in [0, 0.1) is 0 Å². The van der Waals surface area contributed by atoms with E-state index < -0.39 is 0 Å². The van der Waals surface area contributed by atoms with Crippen molar-refractivity contribution in [3.63, 3.8) is 0 Å². The van der Waals surface area contributed by atoms with Crippen LogP contribution < -0.4 is 0 Å². The molecule has 0 spiro atoms. The Kier molecular flexibility index (Phi) is 4.31. The van der Waals surface area contributed by atoms with Gasteiger partial charge < -0.3 is 9.38 Å². The summed E-state index contributed by atoms with van der Waals surface area (Å²) in [4.78, 5) is 18.6. The van der Waals surface area contributed by atoms with Crippen molar-refractivity contribution in [2.45, 2.75) is 31.7 Å². The van der Waals surface area contributed by atoms with Crippen LogP contribution in [0.15, 0.2) is 22.9 Å². The minimum Gasteiger partial charge on any atom is -0.338 e. The minimum absolute atomic E-state index is 0.123. The highest BCUT2D eigenvalue weighted by molar-refractivity contribution is 9.10. The highest BCUT2D eigenvalue weighted by atomic mass is 79.9. The fraction of sp³-hybridized carbons (Fsp3) is 0.625. The van der Waals surface area contributed by atoms with Crippen LogP contribution in [0.3, 0.4) is 0 Å². The van der Waals surface area contributed by atoms with E-state index in [2.05, 4.69) is 28.0 Å². The van der Waals surface area contributed by atoms with Gasteiger partial charge in [0.1, 0.15) is 4.60 Å². The molecule has 3 heterocycles. The third-order valence-electron chi connectivity index (χ3n) is 5.20. The Morgan fingerprint density at radius 1 is 1.29 bits per heavy atom. The number of hydrogen-bond donors (Lipinski definition) is 0. The first-order chi connectivity index (χ1) is 10.1. The maximum atomic E-state index is 12.5. The minimum atomic E-state index is 0.123. The van der Waals surface area contributed by atoms with Gasteiger partial charge in [0.05, 0.1) is 31.7 Å². The molecule has 4 nitrogen and oxygen atoms in total. The maximum Gasteiger partial charge on any atom is 0.255 e. The summed E-state index contributed by atoms with van der Waals surface area (Å²) in [7, 11) is 2.40. The number of halogens is 1. The van der Waals surface area contributed by atoms with Gasteiger partial charge in [0.15, 0.2) is 0 Å². The molecule has 1 aromatic rings. The summed E-state index contributed by atoms with van der Waals surface area (Å²) in [5.41, 5.74) is 0.693. The molecule has 0 unspecified atom stereocenters. The van der Waals surface area contributed by atoms with Gasteiger partial charge in [0.25, 0.3) is 5.91 Å². The zero-order chi connectivity index (χ0) is 14.9. The van der Waals surface area contributed by atoms with Crippen molar-refractivity contribution in [1.29, 1.82) is 0 Å². The molecule has 21 heavy (non-hydrogen) atoms. The summed E-state index contributed by atoms with van der Waals surface area (Å²) in [6, 6.07) is 4.41. The number of hydrogen-bond acceptors (Lipinski definition) is 2. The molecule has 2 aliphatic heterocycles. The van der Waals surface area contributed by atoms with Crippen molar-refractivity contribution >= 4 is 21.8 Å². The quantitative estimate of drug-likeness (QED) is 0.605. The highest BCUT2D eigenvalue weighted by Gasteiger charge is 2.38. The molecule has 1 amide bonds. The molecule has 0 aromatic carbocycles. The van der Waals surface area contributed by atoms with E-state index >= 15 is 0 Å². The lowest BCUT2D eigenvalue weighted by atomic mass is 10.0. The number of aromatic nitrogens is 1. The Morgan fingerprint density at radius 3 is 2.52 bits per heavy atom. The Bertz CT molecular complexity index is 503. The number of carbonyl (C=O) groups is 1. The summed E-state index contributed by atoms with van der Waals surface area (Å²) in [5, 5.41) is 0. The Labute approximate surface area is 134 Å². The molecular weight excluding hydrogens is 330 g/mol. The molecule has 5 heteroatoms. The third-order valence-corrected chi connectivity index (χ3v) is 5.66. The normalized spacial score (nSPS) is 22.5. The molecule has 0 aliphatic carbocycles. The number of likely N-dealkylation sites (tertiary alicyclic amines) is 2. The van der Waals surface area contributed by atoms with E-state index in [1.807, 2.05) is 17.0 Å². The van der Waals surface area contributed by atoms with Gasteiger partial charge in [0.2, 0.25) is 0 Å². The number of rotatable bonds is 2. The van der Waals surface area contributed by atoms with Crippen molar-refractivity contribution in [2.24, 2.45) is 0 Å². The predicted octanol–water partition coefficient (Wildman–Crippen LogP) is 2.69. The molecule has 1 aromatic heterocycles. The Balaban J connectivity index is 1.60. The number of quaternary nitrogens is 1. The van der Waals surface area contributed by atoms with Crippen molar-refractivity contribution in [3.8, 4) is 0 Å². The summed E-state index contributed by atoms with van der Waals surface area (Å²) in [6.45, 7) is 4.39. The molecule has 2 fully saturated rings. The molecule has 0 bridgehead atoms. The van der Waals surface area contributed by atoms with Crippen molar-refractivity contribution in [3.05, 3.63) is 28.5 Å². The molecule has 3 rings (SSSR count). The van der Waals surface area contributed by atoms with Crippen molar-refractivity contribution < 1.29 is 9.28 Å². The third kappa shape index (κ3) is 3.14. The van der Waals surface area contributed by atoms with E-state index in [1.165, 1.54) is 30.4 Å². The maximum absolute atomic E-state index is 12.5. The number of amides is 1. The first-order valence-corrected chi connectivity index (χ1v) is 8.63.